The summed E-state index contributed by atoms with van der Waals surface area (Å²) in [7, 11) is 0. The smallest absolute Gasteiger partial charge is 0.741 e. The van der Waals surface area contributed by atoms with Crippen molar-refractivity contribution in [2.45, 2.75) is 13.8 Å². The van der Waals surface area contributed by atoms with Gasteiger partial charge < -0.3 is 44.5 Å². The van der Waals surface area contributed by atoms with E-state index in [1.54, 1.807) is 12.4 Å². The van der Waals surface area contributed by atoms with Gasteiger partial charge in [0.15, 0.2) is 0 Å². The van der Waals surface area contributed by atoms with Crippen LogP contribution in [0.3, 0.4) is 0 Å². The van der Waals surface area contributed by atoms with Crippen molar-refractivity contribution in [3.63, 3.8) is 0 Å². The van der Waals surface area contributed by atoms with E-state index in [1.807, 2.05) is 60.0 Å². The summed E-state index contributed by atoms with van der Waals surface area (Å²) in [5.41, 5.74) is 3.13. The Balaban J connectivity index is 0.000000253. The normalized spacial score (nSPS) is 17.5. The largest absolute Gasteiger partial charge is 2.00 e. The van der Waals surface area contributed by atoms with Crippen molar-refractivity contribution >= 4 is 47.0 Å². The fourth-order valence-electron chi connectivity index (χ4n) is 3.13. The van der Waals surface area contributed by atoms with Gasteiger partial charge in [-0.05, 0) is 38.1 Å². The van der Waals surface area contributed by atoms with Gasteiger partial charge in [-0.25, -0.2) is 0 Å². The maximum atomic E-state index is 5.26. The number of aromatic nitrogens is 2. The molecule has 2 aromatic rings. The second kappa shape index (κ2) is 17.0. The summed E-state index contributed by atoms with van der Waals surface area (Å²) in [6.07, 6.45) is 3.46. The van der Waals surface area contributed by atoms with Crippen LogP contribution in [0.15, 0.2) is 69.2 Å². The molecule has 0 aliphatic carbocycles. The summed E-state index contributed by atoms with van der Waals surface area (Å²) in [6, 6.07) is 11.4. The number of hydrogen-bond acceptors (Lipinski definition) is 10. The van der Waals surface area contributed by atoms with Gasteiger partial charge in [0.2, 0.25) is 0 Å². The van der Waals surface area contributed by atoms with Gasteiger partial charge in [-0.15, -0.1) is 0 Å². The van der Waals surface area contributed by atoms with Gasteiger partial charge >= 0.3 is 16.5 Å². The molecular weight excluding hydrogens is 555 g/mol. The Morgan fingerprint density at radius 3 is 1.38 bits per heavy atom. The molecule has 2 saturated heterocycles. The Bertz CT molecular complexity index is 973. The molecule has 4 rings (SSSR count). The van der Waals surface area contributed by atoms with Crippen LogP contribution in [0.25, 0.3) is 0 Å². The van der Waals surface area contributed by atoms with Gasteiger partial charge in [-0.3, -0.25) is 9.97 Å². The fraction of sp³-hybridized carbons (Fsp3) is 0.417. The molecule has 0 saturated carbocycles. The summed E-state index contributed by atoms with van der Waals surface area (Å²) in [5.74, 6) is 0. The maximum Gasteiger partial charge on any atom is 2.00 e. The summed E-state index contributed by atoms with van der Waals surface area (Å²) in [4.78, 5) is 12.4. The van der Waals surface area contributed by atoms with Crippen LogP contribution in [0.1, 0.15) is 25.2 Å². The Hall–Kier alpha value is -2.57. The van der Waals surface area contributed by atoms with E-state index in [1.165, 1.54) is 0 Å². The molecule has 13 heteroatoms. The molecule has 0 radical (unpaired) electrons. The first-order chi connectivity index (χ1) is 17.5. The minimum absolute atomic E-state index is 0. The standard InChI is InChI=1S/2C12H16N4OS.Ni/c2*1-10(11-4-2-3-5-13-11)14-15-12(18)16-6-8-17-9-7-16;/h2*2-5H,6-9H2,1H3,(H,15,18);/q;;+2/p-2/b2*14-10+;. The SMILES string of the molecule is C/C(=N\N=C(/[S-])N1CCOCC1)c1ccccn1.C/C(=N\N=C(\[S-])N1CCOCC1)c1ccccn1.[Ni+2]. The second-order valence-electron chi connectivity index (χ2n) is 7.76. The van der Waals surface area contributed by atoms with Crippen molar-refractivity contribution in [2.75, 3.05) is 52.6 Å². The number of amidine groups is 2. The zero-order chi connectivity index (χ0) is 25.6. The van der Waals surface area contributed by atoms with E-state index in [0.29, 0.717) is 36.8 Å². The van der Waals surface area contributed by atoms with Crippen molar-refractivity contribution in [1.82, 2.24) is 19.8 Å². The van der Waals surface area contributed by atoms with E-state index in [-0.39, 0.29) is 16.5 Å². The van der Waals surface area contributed by atoms with E-state index in [2.05, 4.69) is 30.4 Å². The van der Waals surface area contributed by atoms with E-state index in [9.17, 15) is 0 Å². The van der Waals surface area contributed by atoms with Gasteiger partial charge in [0, 0.05) is 48.9 Å². The van der Waals surface area contributed by atoms with Gasteiger partial charge in [-0.1, -0.05) is 12.1 Å². The van der Waals surface area contributed by atoms with Gasteiger partial charge in [0.25, 0.3) is 0 Å². The Labute approximate surface area is 239 Å². The van der Waals surface area contributed by atoms with E-state index in [4.69, 9.17) is 34.7 Å². The third-order valence-corrected chi connectivity index (χ3v) is 5.89. The molecule has 0 atom stereocenters. The molecule has 200 valence electrons. The number of nitrogens with zero attached hydrogens (tertiary/aromatic N) is 8. The van der Waals surface area contributed by atoms with E-state index >= 15 is 0 Å². The van der Waals surface area contributed by atoms with Crippen LogP contribution in [-0.4, -0.2) is 94.1 Å². The summed E-state index contributed by atoms with van der Waals surface area (Å²) in [5, 5.41) is 17.4. The Morgan fingerprint density at radius 1 is 0.676 bits per heavy atom. The first-order valence-electron chi connectivity index (χ1n) is 11.6. The molecule has 0 aromatic carbocycles. The van der Waals surface area contributed by atoms with Crippen LogP contribution in [0, 0.1) is 0 Å². The molecule has 0 N–H and O–H groups in total. The molecule has 2 aliphatic heterocycles. The van der Waals surface area contributed by atoms with Crippen molar-refractivity contribution in [1.29, 1.82) is 0 Å². The third kappa shape index (κ3) is 10.8. The van der Waals surface area contributed by atoms with Gasteiger partial charge in [0.05, 0.1) is 49.2 Å². The molecule has 2 fully saturated rings. The molecule has 0 amide bonds. The van der Waals surface area contributed by atoms with Gasteiger partial charge in [0.1, 0.15) is 0 Å². The van der Waals surface area contributed by atoms with Crippen molar-refractivity contribution in [3.8, 4) is 0 Å². The van der Waals surface area contributed by atoms with Crippen LogP contribution >= 0.6 is 0 Å². The molecule has 2 aliphatic rings. The fourth-order valence-corrected chi connectivity index (χ4v) is 3.57. The zero-order valence-corrected chi connectivity index (χ0v) is 23.4. The van der Waals surface area contributed by atoms with Crippen LogP contribution in [0.5, 0.6) is 0 Å². The Morgan fingerprint density at radius 2 is 1.05 bits per heavy atom. The zero-order valence-electron chi connectivity index (χ0n) is 20.8. The number of hydrogen-bond donors (Lipinski definition) is 0. The van der Waals surface area contributed by atoms with Crippen molar-refractivity contribution in [3.05, 3.63) is 60.2 Å². The van der Waals surface area contributed by atoms with E-state index in [0.717, 1.165) is 49.0 Å². The predicted octanol–water partition coefficient (Wildman–Crippen LogP) is 2.08. The second-order valence-corrected chi connectivity index (χ2v) is 8.50. The molecule has 0 bridgehead atoms. The topological polar surface area (TPSA) is 100 Å². The minimum atomic E-state index is 0. The van der Waals surface area contributed by atoms with Crippen LogP contribution < -0.4 is 0 Å². The molecular formula is C24H30N8NiO2S2. The average Bonchev–Trinajstić information content (AvgIpc) is 2.96. The monoisotopic (exact) mass is 584 g/mol. The number of ether oxygens (including phenoxy) is 2. The number of rotatable bonds is 4. The summed E-state index contributed by atoms with van der Waals surface area (Å²) in [6.45, 7) is 9.62. The van der Waals surface area contributed by atoms with Crippen molar-refractivity contribution < 1.29 is 26.0 Å². The predicted molar refractivity (Wildman–Crippen MR) is 147 cm³/mol. The Kier molecular flexibility index (Phi) is 14.1. The number of morpholine rings is 2. The molecule has 0 spiro atoms. The molecule has 4 heterocycles. The summed E-state index contributed by atoms with van der Waals surface area (Å²) >= 11 is 10.4. The van der Waals surface area contributed by atoms with Crippen LogP contribution in [-0.2, 0) is 51.2 Å². The molecule has 10 nitrogen and oxygen atoms in total. The van der Waals surface area contributed by atoms with Crippen LogP contribution in [0.2, 0.25) is 0 Å². The maximum absolute atomic E-state index is 5.26. The number of pyridine rings is 2. The minimum Gasteiger partial charge on any atom is -0.741 e. The first kappa shape index (κ1) is 30.7. The molecule has 37 heavy (non-hydrogen) atoms. The van der Waals surface area contributed by atoms with Gasteiger partial charge in [-0.2, -0.15) is 20.4 Å². The third-order valence-electron chi connectivity index (χ3n) is 5.21. The van der Waals surface area contributed by atoms with Crippen molar-refractivity contribution in [2.24, 2.45) is 20.4 Å². The van der Waals surface area contributed by atoms with Crippen LogP contribution in [0.4, 0.5) is 0 Å². The quantitative estimate of drug-likeness (QED) is 0.177. The van der Waals surface area contributed by atoms with E-state index < -0.39 is 0 Å². The molecule has 0 unspecified atom stereocenters. The average molecular weight is 585 g/mol. The summed E-state index contributed by atoms with van der Waals surface area (Å²) < 4.78 is 10.5. The molecule has 2 aromatic heterocycles. The first-order valence-corrected chi connectivity index (χ1v) is 12.4.